The Balaban J connectivity index is 1.45. The Kier molecular flexibility index (Phi) is 6.91. The fourth-order valence-corrected chi connectivity index (χ4v) is 4.38. The molecule has 2 heterocycles. The number of alkyl halides is 3. The molecule has 3 amide bonds. The molecule has 1 fully saturated rings. The summed E-state index contributed by atoms with van der Waals surface area (Å²) in [6.07, 6.45) is -5.18. The summed E-state index contributed by atoms with van der Waals surface area (Å²) in [4.78, 5) is 26.1. The number of aliphatic hydroxyl groups excluding tert-OH is 1. The molecule has 0 bridgehead atoms. The monoisotopic (exact) mass is 493 g/mol. The third-order valence-electron chi connectivity index (χ3n) is 6.13. The van der Waals surface area contributed by atoms with Crippen LogP contribution in [0.1, 0.15) is 29.9 Å². The zero-order chi connectivity index (χ0) is 25.3. The lowest BCUT2D eigenvalue weighted by Crippen LogP contribution is -2.47. The largest absolute Gasteiger partial charge is 0.487 e. The molecule has 2 aromatic rings. The number of nitrogens with one attached hydrogen (secondary N) is 2. The SMILES string of the molecule is CN(C)C(=O)C[C@H]1C[C@H]2c3cc(NC(=O)Nc4ccc(C(F)(F)F)cc4)ccc3O[C@H]2[C@@H](CO)O1. The van der Waals surface area contributed by atoms with Gasteiger partial charge in [-0.2, -0.15) is 13.2 Å². The minimum atomic E-state index is -4.46. The number of carbonyl (C=O) groups is 2. The van der Waals surface area contributed by atoms with Crippen molar-refractivity contribution in [3.05, 3.63) is 53.6 Å². The summed E-state index contributed by atoms with van der Waals surface area (Å²) in [7, 11) is 3.33. The lowest BCUT2D eigenvalue weighted by Gasteiger charge is -2.37. The first kappa shape index (κ1) is 24.8. The van der Waals surface area contributed by atoms with Gasteiger partial charge in [-0.3, -0.25) is 4.79 Å². The molecule has 0 aromatic heterocycles. The third-order valence-corrected chi connectivity index (χ3v) is 6.13. The van der Waals surface area contributed by atoms with Gasteiger partial charge < -0.3 is 30.1 Å². The summed E-state index contributed by atoms with van der Waals surface area (Å²) in [5, 5.41) is 15.0. The number of halogens is 3. The first-order valence-electron chi connectivity index (χ1n) is 11.1. The van der Waals surface area contributed by atoms with Crippen molar-refractivity contribution in [1.82, 2.24) is 4.90 Å². The van der Waals surface area contributed by atoms with Gasteiger partial charge in [-0.1, -0.05) is 0 Å². The topological polar surface area (TPSA) is 100 Å². The van der Waals surface area contributed by atoms with E-state index in [1.165, 1.54) is 17.0 Å². The second kappa shape index (κ2) is 9.74. The Bertz CT molecular complexity index is 1090. The van der Waals surface area contributed by atoms with E-state index in [0.717, 1.165) is 17.7 Å². The highest BCUT2D eigenvalue weighted by Gasteiger charge is 2.46. The fourth-order valence-electron chi connectivity index (χ4n) is 4.38. The van der Waals surface area contributed by atoms with Crippen LogP contribution in [0, 0.1) is 0 Å². The lowest BCUT2D eigenvalue weighted by molar-refractivity contribution is -0.147. The van der Waals surface area contributed by atoms with Crippen molar-refractivity contribution in [3.8, 4) is 5.75 Å². The van der Waals surface area contributed by atoms with Crippen molar-refractivity contribution in [1.29, 1.82) is 0 Å². The van der Waals surface area contributed by atoms with Crippen molar-refractivity contribution >= 4 is 23.3 Å². The fraction of sp³-hybridized carbons (Fsp3) is 0.417. The van der Waals surface area contributed by atoms with E-state index in [-0.39, 0.29) is 30.5 Å². The number of ether oxygens (including phenoxy) is 2. The molecule has 1 saturated heterocycles. The summed E-state index contributed by atoms with van der Waals surface area (Å²) in [6.45, 7) is -0.261. The Morgan fingerprint density at radius 2 is 1.74 bits per heavy atom. The molecule has 0 saturated carbocycles. The quantitative estimate of drug-likeness (QED) is 0.588. The molecule has 188 valence electrons. The Labute approximate surface area is 200 Å². The Morgan fingerprint density at radius 1 is 1.09 bits per heavy atom. The van der Waals surface area contributed by atoms with Crippen molar-refractivity contribution in [2.24, 2.45) is 0 Å². The minimum Gasteiger partial charge on any atom is -0.487 e. The molecular formula is C24H26F3N3O5. The average molecular weight is 493 g/mol. The van der Waals surface area contributed by atoms with E-state index in [9.17, 15) is 27.9 Å². The van der Waals surface area contributed by atoms with Crippen LogP contribution in [0.4, 0.5) is 29.3 Å². The number of benzene rings is 2. The molecular weight excluding hydrogens is 467 g/mol. The lowest BCUT2D eigenvalue weighted by atomic mass is 9.84. The number of anilines is 2. The number of nitrogens with zero attached hydrogens (tertiary/aromatic N) is 1. The van der Waals surface area contributed by atoms with Crippen LogP contribution >= 0.6 is 0 Å². The van der Waals surface area contributed by atoms with E-state index < -0.39 is 36.1 Å². The van der Waals surface area contributed by atoms with Crippen LogP contribution in [-0.2, 0) is 15.7 Å². The first-order valence-corrected chi connectivity index (χ1v) is 11.1. The van der Waals surface area contributed by atoms with E-state index in [1.807, 2.05) is 0 Å². The normalized spacial score (nSPS) is 23.0. The zero-order valence-corrected chi connectivity index (χ0v) is 19.1. The van der Waals surface area contributed by atoms with Crippen LogP contribution in [0.2, 0.25) is 0 Å². The highest BCUT2D eigenvalue weighted by molar-refractivity contribution is 5.99. The van der Waals surface area contributed by atoms with Crippen LogP contribution in [0.5, 0.6) is 5.75 Å². The maximum absolute atomic E-state index is 12.7. The standard InChI is InChI=1S/C24H26F3N3O5/c1-30(2)21(32)11-16-10-18-17-9-15(7-8-19(17)35-22(18)20(12-31)34-16)29-23(33)28-14-5-3-13(4-6-14)24(25,26)27/h3-9,16,18,20,22,31H,10-12H2,1-2H3,(H2,28,29,33)/t16-,18+,20-,22-/m1/s1. The number of fused-ring (bicyclic) bond motifs is 3. The van der Waals surface area contributed by atoms with Crippen LogP contribution in [0.25, 0.3) is 0 Å². The highest BCUT2D eigenvalue weighted by Crippen LogP contribution is 2.47. The van der Waals surface area contributed by atoms with Gasteiger partial charge in [-0.25, -0.2) is 4.79 Å². The maximum Gasteiger partial charge on any atom is 0.416 e. The molecule has 4 rings (SSSR count). The zero-order valence-electron chi connectivity index (χ0n) is 19.1. The molecule has 0 spiro atoms. The van der Waals surface area contributed by atoms with Crippen molar-refractivity contribution in [2.75, 3.05) is 31.3 Å². The van der Waals surface area contributed by atoms with Gasteiger partial charge in [-0.05, 0) is 48.9 Å². The van der Waals surface area contributed by atoms with Gasteiger partial charge in [0.15, 0.2) is 0 Å². The Hall–Kier alpha value is -3.31. The summed E-state index contributed by atoms with van der Waals surface area (Å²) >= 11 is 0. The smallest absolute Gasteiger partial charge is 0.416 e. The summed E-state index contributed by atoms with van der Waals surface area (Å²) in [5.41, 5.74) is 0.695. The van der Waals surface area contributed by atoms with Gasteiger partial charge in [0.2, 0.25) is 5.91 Å². The predicted molar refractivity (Wildman–Crippen MR) is 121 cm³/mol. The summed E-state index contributed by atoms with van der Waals surface area (Å²) < 4.78 is 50.1. The number of carbonyl (C=O) groups excluding carboxylic acids is 2. The van der Waals surface area contributed by atoms with E-state index in [2.05, 4.69) is 10.6 Å². The van der Waals surface area contributed by atoms with E-state index >= 15 is 0 Å². The van der Waals surface area contributed by atoms with Crippen LogP contribution in [0.15, 0.2) is 42.5 Å². The van der Waals surface area contributed by atoms with E-state index in [4.69, 9.17) is 9.47 Å². The molecule has 3 N–H and O–H groups in total. The van der Waals surface area contributed by atoms with Gasteiger partial charge in [0.25, 0.3) is 0 Å². The molecule has 35 heavy (non-hydrogen) atoms. The van der Waals surface area contributed by atoms with Gasteiger partial charge >= 0.3 is 12.2 Å². The second-order valence-electron chi connectivity index (χ2n) is 8.80. The van der Waals surface area contributed by atoms with Crippen molar-refractivity contribution in [2.45, 2.75) is 43.2 Å². The molecule has 0 radical (unpaired) electrons. The van der Waals surface area contributed by atoms with E-state index in [1.54, 1.807) is 32.3 Å². The Morgan fingerprint density at radius 3 is 2.37 bits per heavy atom. The summed E-state index contributed by atoms with van der Waals surface area (Å²) in [6, 6.07) is 8.63. The minimum absolute atomic E-state index is 0.0837. The molecule has 4 atom stereocenters. The number of hydrogen-bond donors (Lipinski definition) is 3. The van der Waals surface area contributed by atoms with Crippen LogP contribution in [0.3, 0.4) is 0 Å². The highest BCUT2D eigenvalue weighted by atomic mass is 19.4. The molecule has 0 aliphatic carbocycles. The molecule has 0 unspecified atom stereocenters. The van der Waals surface area contributed by atoms with Gasteiger partial charge in [-0.15, -0.1) is 0 Å². The van der Waals surface area contributed by atoms with Crippen molar-refractivity contribution < 1.29 is 37.3 Å². The second-order valence-corrected chi connectivity index (χ2v) is 8.80. The molecule has 2 aliphatic rings. The average Bonchev–Trinajstić information content (AvgIpc) is 3.16. The predicted octanol–water partition coefficient (Wildman–Crippen LogP) is 3.82. The number of hydrogen-bond acceptors (Lipinski definition) is 5. The summed E-state index contributed by atoms with van der Waals surface area (Å²) in [5.74, 6) is 0.380. The van der Waals surface area contributed by atoms with Crippen LogP contribution < -0.4 is 15.4 Å². The van der Waals surface area contributed by atoms with E-state index in [0.29, 0.717) is 17.9 Å². The first-order chi connectivity index (χ1) is 16.5. The number of urea groups is 1. The molecule has 8 nitrogen and oxygen atoms in total. The molecule has 2 aromatic carbocycles. The van der Waals surface area contributed by atoms with Gasteiger partial charge in [0, 0.05) is 37.0 Å². The third kappa shape index (κ3) is 5.51. The molecule has 2 aliphatic heterocycles. The van der Waals surface area contributed by atoms with Gasteiger partial charge in [0.1, 0.15) is 18.0 Å². The van der Waals surface area contributed by atoms with Crippen molar-refractivity contribution in [3.63, 3.8) is 0 Å². The molecule has 11 heteroatoms. The number of amides is 3. The number of aliphatic hydroxyl groups is 1. The maximum atomic E-state index is 12.7. The van der Waals surface area contributed by atoms with Gasteiger partial charge in [0.05, 0.1) is 24.7 Å². The van der Waals surface area contributed by atoms with Crippen LogP contribution in [-0.4, -0.2) is 61.0 Å². The number of rotatable bonds is 5.